The van der Waals surface area contributed by atoms with Crippen LogP contribution in [0.15, 0.2) is 0 Å². The van der Waals surface area contributed by atoms with E-state index in [9.17, 15) is 0 Å². The van der Waals surface area contributed by atoms with Crippen LogP contribution < -0.4 is 0 Å². The van der Waals surface area contributed by atoms with E-state index in [1.165, 1.54) is 69.3 Å². The lowest BCUT2D eigenvalue weighted by Gasteiger charge is -2.46. The Morgan fingerprint density at radius 3 is 2.63 bits per heavy atom. The summed E-state index contributed by atoms with van der Waals surface area (Å²) in [6.07, 6.45) is 11.8. The van der Waals surface area contributed by atoms with Crippen molar-refractivity contribution in [1.29, 1.82) is 0 Å². The second kappa shape index (κ2) is 6.58. The first kappa shape index (κ1) is 14.5. The van der Waals surface area contributed by atoms with Crippen molar-refractivity contribution in [2.24, 2.45) is 11.8 Å². The maximum atomic E-state index is 6.70. The van der Waals surface area contributed by atoms with Crippen LogP contribution in [0.2, 0.25) is 0 Å². The molecule has 0 aromatic rings. The van der Waals surface area contributed by atoms with Gasteiger partial charge in [-0.15, -0.1) is 11.6 Å². The molecular weight excluding hydrogens is 276 g/mol. The summed E-state index contributed by atoms with van der Waals surface area (Å²) in [5.74, 6) is 4.18. The van der Waals surface area contributed by atoms with Crippen molar-refractivity contribution in [3.63, 3.8) is 0 Å². The highest BCUT2D eigenvalue weighted by Crippen LogP contribution is 2.45. The summed E-state index contributed by atoms with van der Waals surface area (Å²) in [6, 6.07) is 0. The van der Waals surface area contributed by atoms with Gasteiger partial charge in [-0.1, -0.05) is 19.3 Å². The largest absolute Gasteiger partial charge is 0.375 e. The molecule has 3 rings (SSSR count). The lowest BCUT2D eigenvalue weighted by molar-refractivity contribution is -0.111. The Morgan fingerprint density at radius 2 is 1.79 bits per heavy atom. The Bertz CT molecular complexity index is 285. The predicted molar refractivity (Wildman–Crippen MR) is 84.2 cm³/mol. The van der Waals surface area contributed by atoms with Crippen LogP contribution in [-0.2, 0) is 4.74 Å². The van der Waals surface area contributed by atoms with Crippen molar-refractivity contribution in [2.75, 3.05) is 18.1 Å². The molecule has 2 heterocycles. The van der Waals surface area contributed by atoms with Gasteiger partial charge in [0.15, 0.2) is 0 Å². The summed E-state index contributed by atoms with van der Waals surface area (Å²) >= 11 is 8.80. The van der Waals surface area contributed by atoms with E-state index in [2.05, 4.69) is 11.8 Å². The van der Waals surface area contributed by atoms with Crippen LogP contribution in [0.4, 0.5) is 0 Å². The first-order valence-electron chi connectivity index (χ1n) is 8.15. The molecule has 2 aliphatic heterocycles. The van der Waals surface area contributed by atoms with E-state index in [-0.39, 0.29) is 5.60 Å². The Balaban J connectivity index is 1.66. The SMILES string of the molecule is ClC1CCCCCC1C1CCOC2(CCSCC2)C1. The summed E-state index contributed by atoms with van der Waals surface area (Å²) in [6.45, 7) is 0.982. The quantitative estimate of drug-likeness (QED) is 0.505. The first-order chi connectivity index (χ1) is 9.29. The van der Waals surface area contributed by atoms with Gasteiger partial charge in [-0.3, -0.25) is 0 Å². The van der Waals surface area contributed by atoms with Crippen LogP contribution in [0.3, 0.4) is 0 Å². The van der Waals surface area contributed by atoms with Gasteiger partial charge < -0.3 is 4.74 Å². The second-order valence-electron chi connectivity index (χ2n) is 6.71. The molecule has 0 amide bonds. The van der Waals surface area contributed by atoms with Gasteiger partial charge in [-0.2, -0.15) is 11.8 Å². The Kier molecular flexibility index (Phi) is 5.03. The third kappa shape index (κ3) is 3.44. The van der Waals surface area contributed by atoms with Gasteiger partial charge in [0, 0.05) is 12.0 Å². The molecule has 3 aliphatic rings. The van der Waals surface area contributed by atoms with Crippen LogP contribution in [0.1, 0.15) is 57.8 Å². The molecule has 3 unspecified atom stereocenters. The average Bonchev–Trinajstić information content (AvgIpc) is 2.64. The molecule has 3 atom stereocenters. The van der Waals surface area contributed by atoms with E-state index in [1.54, 1.807) is 0 Å². The zero-order valence-electron chi connectivity index (χ0n) is 11.9. The van der Waals surface area contributed by atoms with E-state index in [0.29, 0.717) is 5.38 Å². The van der Waals surface area contributed by atoms with Crippen LogP contribution in [0.5, 0.6) is 0 Å². The highest BCUT2D eigenvalue weighted by molar-refractivity contribution is 7.99. The number of hydrogen-bond donors (Lipinski definition) is 0. The molecule has 1 saturated carbocycles. The molecule has 0 radical (unpaired) electrons. The van der Waals surface area contributed by atoms with Crippen molar-refractivity contribution in [3.05, 3.63) is 0 Å². The standard InChI is InChI=1S/C16H27ClOS/c17-15-5-3-1-2-4-14(15)13-6-9-18-16(12-13)7-10-19-11-8-16/h13-15H,1-12H2. The van der Waals surface area contributed by atoms with E-state index < -0.39 is 0 Å². The van der Waals surface area contributed by atoms with Gasteiger partial charge in [-0.05, 0) is 61.9 Å². The van der Waals surface area contributed by atoms with E-state index in [0.717, 1.165) is 18.4 Å². The minimum Gasteiger partial charge on any atom is -0.375 e. The van der Waals surface area contributed by atoms with Crippen molar-refractivity contribution in [3.8, 4) is 0 Å². The van der Waals surface area contributed by atoms with Crippen molar-refractivity contribution in [1.82, 2.24) is 0 Å². The molecule has 19 heavy (non-hydrogen) atoms. The maximum absolute atomic E-state index is 6.70. The van der Waals surface area contributed by atoms with Gasteiger partial charge in [-0.25, -0.2) is 0 Å². The molecule has 1 nitrogen and oxygen atoms in total. The number of thioether (sulfide) groups is 1. The van der Waals surface area contributed by atoms with Crippen LogP contribution in [0.25, 0.3) is 0 Å². The monoisotopic (exact) mass is 302 g/mol. The minimum absolute atomic E-state index is 0.233. The topological polar surface area (TPSA) is 9.23 Å². The zero-order valence-corrected chi connectivity index (χ0v) is 13.5. The second-order valence-corrected chi connectivity index (χ2v) is 8.50. The highest BCUT2D eigenvalue weighted by Gasteiger charge is 2.42. The van der Waals surface area contributed by atoms with Gasteiger partial charge in [0.2, 0.25) is 0 Å². The molecule has 1 aliphatic carbocycles. The number of alkyl halides is 1. The molecule has 110 valence electrons. The highest BCUT2D eigenvalue weighted by atomic mass is 35.5. The van der Waals surface area contributed by atoms with Gasteiger partial charge in [0.05, 0.1) is 5.60 Å². The summed E-state index contributed by atoms with van der Waals surface area (Å²) in [7, 11) is 0. The Morgan fingerprint density at radius 1 is 1.00 bits per heavy atom. The van der Waals surface area contributed by atoms with Crippen LogP contribution in [-0.4, -0.2) is 29.1 Å². The molecular formula is C16H27ClOS. The number of ether oxygens (including phenoxy) is 1. The van der Waals surface area contributed by atoms with Gasteiger partial charge in [0.1, 0.15) is 0 Å². The fourth-order valence-corrected chi connectivity index (χ4v) is 6.07. The fraction of sp³-hybridized carbons (Fsp3) is 1.00. The van der Waals surface area contributed by atoms with E-state index in [1.807, 2.05) is 0 Å². The number of rotatable bonds is 1. The summed E-state index contributed by atoms with van der Waals surface area (Å²) in [5.41, 5.74) is 0.233. The van der Waals surface area contributed by atoms with Crippen molar-refractivity contribution in [2.45, 2.75) is 68.8 Å². The number of hydrogen-bond acceptors (Lipinski definition) is 2. The van der Waals surface area contributed by atoms with Gasteiger partial charge in [0.25, 0.3) is 0 Å². The smallest absolute Gasteiger partial charge is 0.0701 e. The first-order valence-corrected chi connectivity index (χ1v) is 9.74. The average molecular weight is 303 g/mol. The van der Waals surface area contributed by atoms with Crippen LogP contribution in [0, 0.1) is 11.8 Å². The van der Waals surface area contributed by atoms with E-state index >= 15 is 0 Å². The van der Waals surface area contributed by atoms with Gasteiger partial charge >= 0.3 is 0 Å². The number of halogens is 1. The zero-order chi connectivity index (χ0) is 13.1. The minimum atomic E-state index is 0.233. The molecule has 0 N–H and O–H groups in total. The summed E-state index contributed by atoms with van der Waals surface area (Å²) < 4.78 is 6.24. The van der Waals surface area contributed by atoms with E-state index in [4.69, 9.17) is 16.3 Å². The molecule has 0 bridgehead atoms. The van der Waals surface area contributed by atoms with Crippen molar-refractivity contribution >= 4 is 23.4 Å². The predicted octanol–water partition coefficient (Wildman–Crippen LogP) is 4.87. The molecule has 3 heteroatoms. The molecule has 0 aromatic carbocycles. The Labute approximate surface area is 127 Å². The molecule has 0 aromatic heterocycles. The third-order valence-electron chi connectivity index (χ3n) is 5.52. The van der Waals surface area contributed by atoms with Crippen molar-refractivity contribution < 1.29 is 4.74 Å². The van der Waals surface area contributed by atoms with Crippen LogP contribution >= 0.6 is 23.4 Å². The molecule has 1 spiro atoms. The summed E-state index contributed by atoms with van der Waals surface area (Å²) in [4.78, 5) is 0. The lowest BCUT2D eigenvalue weighted by Crippen LogP contribution is -2.45. The fourth-order valence-electron chi connectivity index (χ4n) is 4.35. The maximum Gasteiger partial charge on any atom is 0.0701 e. The normalized spacial score (nSPS) is 39.9. The third-order valence-corrected chi connectivity index (χ3v) is 7.05. The Hall–Kier alpha value is 0.600. The lowest BCUT2D eigenvalue weighted by atomic mass is 9.73. The summed E-state index contributed by atoms with van der Waals surface area (Å²) in [5, 5.41) is 0.431. The molecule has 3 fully saturated rings. The molecule has 2 saturated heterocycles.